The molecule has 8 heteroatoms. The van der Waals surface area contributed by atoms with Gasteiger partial charge in [0.15, 0.2) is 0 Å². The minimum Gasteiger partial charge on any atom is -0.372 e. The van der Waals surface area contributed by atoms with Crippen LogP contribution in [0.2, 0.25) is 0 Å². The lowest BCUT2D eigenvalue weighted by molar-refractivity contribution is -0.121. The summed E-state index contributed by atoms with van der Waals surface area (Å²) in [5, 5.41) is 3.86. The second-order valence-corrected chi connectivity index (χ2v) is 10.3. The number of nitrogens with zero attached hydrogens (tertiary/aromatic N) is 4. The van der Waals surface area contributed by atoms with E-state index in [1.165, 1.54) is 36.3 Å². The molecule has 7 nitrogen and oxygen atoms in total. The lowest BCUT2D eigenvalue weighted by Crippen LogP contribution is -2.43. The van der Waals surface area contributed by atoms with E-state index in [4.69, 9.17) is 0 Å². The number of hydrogen-bond donors (Lipinski definition) is 1. The maximum Gasteiger partial charge on any atom is 0.265 e. The molecule has 2 aliphatic rings. The van der Waals surface area contributed by atoms with Crippen molar-refractivity contribution in [2.24, 2.45) is 5.92 Å². The molecular weight excluding hydrogens is 458 g/mol. The van der Waals surface area contributed by atoms with Gasteiger partial charge in [-0.25, -0.2) is 4.98 Å². The van der Waals surface area contributed by atoms with E-state index in [0.717, 1.165) is 47.9 Å². The van der Waals surface area contributed by atoms with Crippen LogP contribution in [0.4, 0.5) is 11.4 Å². The maximum atomic E-state index is 13.3. The zero-order valence-electron chi connectivity index (χ0n) is 20.1. The van der Waals surface area contributed by atoms with Crippen LogP contribution < -0.4 is 10.2 Å². The van der Waals surface area contributed by atoms with Crippen molar-refractivity contribution in [2.75, 3.05) is 36.4 Å². The highest BCUT2D eigenvalue weighted by Gasteiger charge is 2.31. The average Bonchev–Trinajstić information content (AvgIpc) is 3.31. The first-order valence-corrected chi connectivity index (χ1v) is 13.2. The Morgan fingerprint density at radius 3 is 2.57 bits per heavy atom. The zero-order valence-corrected chi connectivity index (χ0v) is 20.9. The van der Waals surface area contributed by atoms with Crippen molar-refractivity contribution in [1.29, 1.82) is 0 Å². The van der Waals surface area contributed by atoms with E-state index in [2.05, 4.69) is 32.3 Å². The molecule has 1 N–H and O–H groups in total. The van der Waals surface area contributed by atoms with Gasteiger partial charge in [0.25, 0.3) is 5.91 Å². The number of nitrogens with one attached hydrogen (secondary N) is 1. The van der Waals surface area contributed by atoms with Crippen molar-refractivity contribution in [3.8, 4) is 10.6 Å². The first kappa shape index (κ1) is 23.5. The molecule has 1 atom stereocenters. The predicted molar refractivity (Wildman–Crippen MR) is 140 cm³/mol. The molecule has 0 bridgehead atoms. The van der Waals surface area contributed by atoms with Crippen LogP contribution >= 0.6 is 11.3 Å². The second-order valence-electron chi connectivity index (χ2n) is 9.35. The number of carbonyl (C=O) groups is 2. The van der Waals surface area contributed by atoms with Gasteiger partial charge < -0.3 is 15.1 Å². The van der Waals surface area contributed by atoms with E-state index in [-0.39, 0.29) is 17.7 Å². The first-order valence-electron chi connectivity index (χ1n) is 12.4. The van der Waals surface area contributed by atoms with E-state index in [1.54, 1.807) is 17.3 Å². The highest BCUT2D eigenvalue weighted by molar-refractivity contribution is 7.17. The summed E-state index contributed by atoms with van der Waals surface area (Å²) in [7, 11) is 0. The van der Waals surface area contributed by atoms with Gasteiger partial charge in [-0.3, -0.25) is 14.6 Å². The Morgan fingerprint density at radius 1 is 1.03 bits per heavy atom. The molecule has 0 spiro atoms. The molecule has 0 saturated carbocycles. The SMILES string of the molecule is Cc1nc(-c2cccnc2)sc1C(=O)N1CCCC(C(=O)Nc2ccc(N3CCCCC3)cc2)C1. The van der Waals surface area contributed by atoms with Crippen molar-refractivity contribution < 1.29 is 9.59 Å². The smallest absolute Gasteiger partial charge is 0.265 e. The van der Waals surface area contributed by atoms with Crippen molar-refractivity contribution in [2.45, 2.75) is 39.0 Å². The highest BCUT2D eigenvalue weighted by Crippen LogP contribution is 2.30. The lowest BCUT2D eigenvalue weighted by Gasteiger charge is -2.32. The number of benzene rings is 1. The normalized spacial score (nSPS) is 18.4. The third-order valence-electron chi connectivity index (χ3n) is 6.83. The van der Waals surface area contributed by atoms with Gasteiger partial charge in [0.05, 0.1) is 11.6 Å². The molecule has 1 unspecified atom stereocenters. The molecule has 0 aliphatic carbocycles. The fraction of sp³-hybridized carbons (Fsp3) is 0.407. The molecule has 1 aromatic carbocycles. The zero-order chi connectivity index (χ0) is 24.2. The number of aryl methyl sites for hydroxylation is 1. The Balaban J connectivity index is 1.21. The van der Waals surface area contributed by atoms with Crippen molar-refractivity contribution >= 4 is 34.5 Å². The van der Waals surface area contributed by atoms with Gasteiger partial charge in [0.1, 0.15) is 9.88 Å². The maximum absolute atomic E-state index is 13.3. The Bertz CT molecular complexity index is 1170. The second kappa shape index (κ2) is 10.6. The highest BCUT2D eigenvalue weighted by atomic mass is 32.1. The number of anilines is 2. The third-order valence-corrected chi connectivity index (χ3v) is 8.03. The summed E-state index contributed by atoms with van der Waals surface area (Å²) in [6.45, 7) is 5.15. The Kier molecular flexibility index (Phi) is 7.08. The molecule has 0 radical (unpaired) electrons. The topological polar surface area (TPSA) is 78.4 Å². The quantitative estimate of drug-likeness (QED) is 0.546. The Morgan fingerprint density at radius 2 is 1.83 bits per heavy atom. The minimum absolute atomic E-state index is 0.0229. The number of rotatable bonds is 5. The summed E-state index contributed by atoms with van der Waals surface area (Å²) in [5.41, 5.74) is 3.64. The third kappa shape index (κ3) is 5.37. The number of aromatic nitrogens is 2. The molecule has 2 saturated heterocycles. The molecule has 4 heterocycles. The van der Waals surface area contributed by atoms with E-state index in [1.807, 2.05) is 31.2 Å². The van der Waals surface area contributed by atoms with Crippen LogP contribution in [0.1, 0.15) is 47.5 Å². The number of likely N-dealkylation sites (tertiary alicyclic amines) is 1. The summed E-state index contributed by atoms with van der Waals surface area (Å²) in [6, 6.07) is 11.9. The van der Waals surface area contributed by atoms with Crippen LogP contribution in [-0.2, 0) is 4.79 Å². The van der Waals surface area contributed by atoms with Gasteiger partial charge in [-0.05, 0) is 75.4 Å². The first-order chi connectivity index (χ1) is 17.1. The van der Waals surface area contributed by atoms with Gasteiger partial charge in [0, 0.05) is 55.5 Å². The van der Waals surface area contributed by atoms with Crippen LogP contribution in [0.3, 0.4) is 0 Å². The Hall–Kier alpha value is -3.26. The summed E-state index contributed by atoms with van der Waals surface area (Å²) in [6.07, 6.45) is 8.85. The van der Waals surface area contributed by atoms with E-state index >= 15 is 0 Å². The summed E-state index contributed by atoms with van der Waals surface area (Å²) in [4.78, 5) is 40.0. The van der Waals surface area contributed by atoms with E-state index < -0.39 is 0 Å². The summed E-state index contributed by atoms with van der Waals surface area (Å²) >= 11 is 1.39. The molecule has 2 aromatic heterocycles. The fourth-order valence-corrected chi connectivity index (χ4v) is 5.90. The lowest BCUT2D eigenvalue weighted by atomic mass is 9.96. The number of hydrogen-bond acceptors (Lipinski definition) is 6. The summed E-state index contributed by atoms with van der Waals surface area (Å²) < 4.78 is 0. The standard InChI is InChI=1S/C27H31N5O2S/c1-19-24(35-26(29-19)20-7-5-13-28-17-20)27(34)32-16-6-8-21(18-32)25(33)30-22-9-11-23(12-10-22)31-14-3-2-4-15-31/h5,7,9-13,17,21H,2-4,6,8,14-16,18H2,1H3,(H,30,33). The van der Waals surface area contributed by atoms with Crippen LogP contribution in [0.15, 0.2) is 48.8 Å². The van der Waals surface area contributed by atoms with Crippen LogP contribution in [-0.4, -0.2) is 52.9 Å². The van der Waals surface area contributed by atoms with Gasteiger partial charge >= 0.3 is 0 Å². The number of piperidine rings is 2. The molecule has 35 heavy (non-hydrogen) atoms. The molecule has 2 amide bonds. The van der Waals surface area contributed by atoms with Gasteiger partial charge in [-0.2, -0.15) is 0 Å². The van der Waals surface area contributed by atoms with Crippen molar-refractivity contribution in [3.05, 3.63) is 59.4 Å². The monoisotopic (exact) mass is 489 g/mol. The van der Waals surface area contributed by atoms with Crippen molar-refractivity contribution in [1.82, 2.24) is 14.9 Å². The number of thiazole rings is 1. The molecular formula is C27H31N5O2S. The molecule has 2 aliphatic heterocycles. The minimum atomic E-state index is -0.222. The van der Waals surface area contributed by atoms with E-state index in [9.17, 15) is 9.59 Å². The number of amides is 2. The fourth-order valence-electron chi connectivity index (χ4n) is 4.88. The van der Waals surface area contributed by atoms with Crippen LogP contribution in [0.25, 0.3) is 10.6 Å². The summed E-state index contributed by atoms with van der Waals surface area (Å²) in [5.74, 6) is -0.288. The van der Waals surface area contributed by atoms with Crippen LogP contribution in [0, 0.1) is 12.8 Å². The Labute approximate surface area is 210 Å². The average molecular weight is 490 g/mol. The molecule has 3 aromatic rings. The molecule has 2 fully saturated rings. The number of carbonyl (C=O) groups excluding carboxylic acids is 2. The number of pyridine rings is 1. The van der Waals surface area contributed by atoms with Gasteiger partial charge in [0.2, 0.25) is 5.91 Å². The van der Waals surface area contributed by atoms with Crippen LogP contribution in [0.5, 0.6) is 0 Å². The van der Waals surface area contributed by atoms with E-state index in [0.29, 0.717) is 18.0 Å². The van der Waals surface area contributed by atoms with Crippen molar-refractivity contribution in [3.63, 3.8) is 0 Å². The molecule has 182 valence electrons. The van der Waals surface area contributed by atoms with Gasteiger partial charge in [-0.1, -0.05) is 0 Å². The predicted octanol–water partition coefficient (Wildman–Crippen LogP) is 4.99. The molecule has 5 rings (SSSR count). The van der Waals surface area contributed by atoms with Gasteiger partial charge in [-0.15, -0.1) is 11.3 Å². The largest absolute Gasteiger partial charge is 0.372 e.